The van der Waals surface area contributed by atoms with E-state index in [1.807, 2.05) is 30.5 Å². The molecule has 0 radical (unpaired) electrons. The van der Waals surface area contributed by atoms with Crippen molar-refractivity contribution in [2.45, 2.75) is 32.7 Å². The summed E-state index contributed by atoms with van der Waals surface area (Å²) >= 11 is 0. The molecule has 26 heavy (non-hydrogen) atoms. The highest BCUT2D eigenvalue weighted by Gasteiger charge is 2.21. The Kier molecular flexibility index (Phi) is 6.28. The first-order valence-corrected chi connectivity index (χ1v) is 9.34. The van der Waals surface area contributed by atoms with E-state index in [1.165, 1.54) is 0 Å². The molecule has 2 aromatic rings. The number of benzene rings is 1. The number of methoxy groups -OCH3 is 1. The molecule has 1 aromatic heterocycles. The second-order valence-corrected chi connectivity index (χ2v) is 6.85. The number of aryl methyl sites for hydroxylation is 1. The predicted molar refractivity (Wildman–Crippen MR) is 102 cm³/mol. The number of hydrogen-bond acceptors (Lipinski definition) is 4. The highest BCUT2D eigenvalue weighted by Crippen LogP contribution is 2.20. The van der Waals surface area contributed by atoms with Gasteiger partial charge >= 0.3 is 0 Å². The van der Waals surface area contributed by atoms with Gasteiger partial charge in [0.25, 0.3) is 0 Å². The minimum absolute atomic E-state index is 0.0384. The van der Waals surface area contributed by atoms with Crippen molar-refractivity contribution in [3.63, 3.8) is 0 Å². The summed E-state index contributed by atoms with van der Waals surface area (Å²) in [5, 5.41) is 2.95. The summed E-state index contributed by atoms with van der Waals surface area (Å²) in [5.74, 6) is 2.65. The summed E-state index contributed by atoms with van der Waals surface area (Å²) in [6.45, 7) is 5.57. The van der Waals surface area contributed by atoms with E-state index in [0.717, 1.165) is 56.2 Å². The molecule has 140 valence electrons. The first-order valence-electron chi connectivity index (χ1n) is 9.34. The Labute approximate surface area is 155 Å². The molecule has 2 heterocycles. The molecule has 0 atom stereocenters. The van der Waals surface area contributed by atoms with Gasteiger partial charge in [0.2, 0.25) is 5.91 Å². The topological polar surface area (TPSA) is 59.4 Å². The SMILES string of the molecule is CCc1nccn1CC1CCN(CC(=O)Nc2ccc(OC)cc2)CC1. The Morgan fingerprint density at radius 2 is 2.00 bits per heavy atom. The number of carbonyl (C=O) groups excluding carboxylic acids is 1. The van der Waals surface area contributed by atoms with E-state index in [-0.39, 0.29) is 5.91 Å². The molecule has 1 amide bonds. The Morgan fingerprint density at radius 3 is 2.65 bits per heavy atom. The number of rotatable bonds is 7. The van der Waals surface area contributed by atoms with Crippen molar-refractivity contribution in [3.05, 3.63) is 42.5 Å². The minimum Gasteiger partial charge on any atom is -0.497 e. The summed E-state index contributed by atoms with van der Waals surface area (Å²) < 4.78 is 7.41. The number of imidazole rings is 1. The van der Waals surface area contributed by atoms with Crippen LogP contribution >= 0.6 is 0 Å². The fraction of sp³-hybridized carbons (Fsp3) is 0.500. The summed E-state index contributed by atoms with van der Waals surface area (Å²) in [5.41, 5.74) is 0.804. The van der Waals surface area contributed by atoms with Crippen LogP contribution in [-0.2, 0) is 17.8 Å². The molecule has 1 saturated heterocycles. The van der Waals surface area contributed by atoms with E-state index < -0.39 is 0 Å². The van der Waals surface area contributed by atoms with Crippen LogP contribution in [0, 0.1) is 5.92 Å². The number of nitrogens with one attached hydrogen (secondary N) is 1. The van der Waals surface area contributed by atoms with Crippen LogP contribution in [0.5, 0.6) is 5.75 Å². The van der Waals surface area contributed by atoms with Crippen molar-refractivity contribution >= 4 is 11.6 Å². The number of likely N-dealkylation sites (tertiary alicyclic amines) is 1. The van der Waals surface area contributed by atoms with Crippen molar-refractivity contribution in [2.75, 3.05) is 32.1 Å². The Morgan fingerprint density at radius 1 is 1.27 bits per heavy atom. The van der Waals surface area contributed by atoms with Crippen molar-refractivity contribution in [3.8, 4) is 5.75 Å². The maximum Gasteiger partial charge on any atom is 0.238 e. The van der Waals surface area contributed by atoms with Crippen LogP contribution in [0.4, 0.5) is 5.69 Å². The fourth-order valence-corrected chi connectivity index (χ4v) is 3.50. The molecule has 1 fully saturated rings. The molecule has 1 aliphatic rings. The van der Waals surface area contributed by atoms with Crippen molar-refractivity contribution in [1.82, 2.24) is 14.5 Å². The molecular weight excluding hydrogens is 328 g/mol. The molecular formula is C20H28N4O2. The van der Waals surface area contributed by atoms with E-state index in [4.69, 9.17) is 4.74 Å². The van der Waals surface area contributed by atoms with Gasteiger partial charge in [-0.2, -0.15) is 0 Å². The summed E-state index contributed by atoms with van der Waals surface area (Å²) in [7, 11) is 1.63. The van der Waals surface area contributed by atoms with Gasteiger partial charge in [0, 0.05) is 31.0 Å². The van der Waals surface area contributed by atoms with Crippen LogP contribution < -0.4 is 10.1 Å². The standard InChI is InChI=1S/C20H28N4O2/c1-3-19-21-10-13-24(19)14-16-8-11-23(12-9-16)15-20(25)22-17-4-6-18(26-2)7-5-17/h4-7,10,13,16H,3,8-9,11-12,14-15H2,1-2H3,(H,22,25). The molecule has 6 nitrogen and oxygen atoms in total. The molecule has 0 saturated carbocycles. The average molecular weight is 356 g/mol. The molecule has 6 heteroatoms. The van der Waals surface area contributed by atoms with Crippen molar-refractivity contribution in [2.24, 2.45) is 5.92 Å². The van der Waals surface area contributed by atoms with Crippen LogP contribution in [-0.4, -0.2) is 47.1 Å². The van der Waals surface area contributed by atoms with Crippen LogP contribution in [0.2, 0.25) is 0 Å². The van der Waals surface area contributed by atoms with Gasteiger partial charge in [-0.1, -0.05) is 6.92 Å². The molecule has 0 unspecified atom stereocenters. The molecule has 0 bridgehead atoms. The first kappa shape index (κ1) is 18.5. The largest absolute Gasteiger partial charge is 0.497 e. The fourth-order valence-electron chi connectivity index (χ4n) is 3.50. The van der Waals surface area contributed by atoms with Crippen molar-refractivity contribution < 1.29 is 9.53 Å². The first-order chi connectivity index (χ1) is 12.7. The maximum absolute atomic E-state index is 12.3. The van der Waals surface area contributed by atoms with Gasteiger partial charge in [-0.3, -0.25) is 9.69 Å². The molecule has 1 N–H and O–H groups in total. The number of hydrogen-bond donors (Lipinski definition) is 1. The number of carbonyl (C=O) groups is 1. The lowest BCUT2D eigenvalue weighted by Crippen LogP contribution is -2.40. The van der Waals surface area contributed by atoms with Gasteiger partial charge in [-0.05, 0) is 56.1 Å². The number of aromatic nitrogens is 2. The Balaban J connectivity index is 1.42. The number of piperidine rings is 1. The number of anilines is 1. The van der Waals surface area contributed by atoms with Gasteiger partial charge in [0.05, 0.1) is 13.7 Å². The minimum atomic E-state index is 0.0384. The molecule has 0 spiro atoms. The summed E-state index contributed by atoms with van der Waals surface area (Å²) in [4.78, 5) is 18.9. The third-order valence-electron chi connectivity index (χ3n) is 5.02. The zero-order valence-corrected chi connectivity index (χ0v) is 15.6. The lowest BCUT2D eigenvalue weighted by Gasteiger charge is -2.31. The maximum atomic E-state index is 12.3. The molecule has 1 aromatic carbocycles. The van der Waals surface area contributed by atoms with Crippen LogP contribution in [0.3, 0.4) is 0 Å². The number of ether oxygens (including phenoxy) is 1. The average Bonchev–Trinajstić information content (AvgIpc) is 3.11. The van der Waals surface area contributed by atoms with Crippen LogP contribution in [0.25, 0.3) is 0 Å². The number of nitrogens with zero attached hydrogens (tertiary/aromatic N) is 3. The van der Waals surface area contributed by atoms with E-state index in [1.54, 1.807) is 7.11 Å². The molecule has 0 aliphatic carbocycles. The zero-order valence-electron chi connectivity index (χ0n) is 15.6. The molecule has 3 rings (SSSR count). The van der Waals surface area contributed by atoms with E-state index >= 15 is 0 Å². The summed E-state index contributed by atoms with van der Waals surface area (Å²) in [6, 6.07) is 7.42. The Bertz CT molecular complexity index is 703. The third kappa shape index (κ3) is 4.85. The number of amides is 1. The Hall–Kier alpha value is -2.34. The zero-order chi connectivity index (χ0) is 18.4. The smallest absolute Gasteiger partial charge is 0.238 e. The highest BCUT2D eigenvalue weighted by molar-refractivity contribution is 5.92. The monoisotopic (exact) mass is 356 g/mol. The van der Waals surface area contributed by atoms with Gasteiger partial charge < -0.3 is 14.6 Å². The van der Waals surface area contributed by atoms with Gasteiger partial charge in [-0.25, -0.2) is 4.98 Å². The quantitative estimate of drug-likeness (QED) is 0.829. The second kappa shape index (κ2) is 8.85. The lowest BCUT2D eigenvalue weighted by molar-refractivity contribution is -0.117. The van der Waals surface area contributed by atoms with Gasteiger partial charge in [0.1, 0.15) is 11.6 Å². The summed E-state index contributed by atoms with van der Waals surface area (Å²) in [6.07, 6.45) is 7.18. The second-order valence-electron chi connectivity index (χ2n) is 6.85. The van der Waals surface area contributed by atoms with Crippen LogP contribution in [0.15, 0.2) is 36.7 Å². The van der Waals surface area contributed by atoms with Crippen molar-refractivity contribution in [1.29, 1.82) is 0 Å². The van der Waals surface area contributed by atoms with E-state index in [2.05, 4.69) is 32.9 Å². The normalized spacial score (nSPS) is 15.8. The van der Waals surface area contributed by atoms with E-state index in [0.29, 0.717) is 12.5 Å². The predicted octanol–water partition coefficient (Wildman–Crippen LogP) is 2.80. The third-order valence-corrected chi connectivity index (χ3v) is 5.02. The van der Waals surface area contributed by atoms with Gasteiger partial charge in [-0.15, -0.1) is 0 Å². The molecule has 1 aliphatic heterocycles. The van der Waals surface area contributed by atoms with E-state index in [9.17, 15) is 4.79 Å². The van der Waals surface area contributed by atoms with Gasteiger partial charge in [0.15, 0.2) is 0 Å². The highest BCUT2D eigenvalue weighted by atomic mass is 16.5. The van der Waals surface area contributed by atoms with Crippen LogP contribution in [0.1, 0.15) is 25.6 Å². The lowest BCUT2D eigenvalue weighted by atomic mass is 9.96.